The number of ether oxygens (including phenoxy) is 4. The van der Waals surface area contributed by atoms with Crippen LogP contribution in [0.1, 0.15) is 71.9 Å². The molecule has 1 N–H and O–H groups in total. The molecule has 1 amide bonds. The summed E-state index contributed by atoms with van der Waals surface area (Å²) >= 11 is 0. The fourth-order valence-corrected chi connectivity index (χ4v) is 7.08. The minimum Gasteiger partial charge on any atom is -0.443 e. The van der Waals surface area contributed by atoms with E-state index < -0.39 is 6.09 Å². The first-order chi connectivity index (χ1) is 18.5. The van der Waals surface area contributed by atoms with Crippen LogP contribution in [0, 0.1) is 17.8 Å². The summed E-state index contributed by atoms with van der Waals surface area (Å²) in [4.78, 5) is 15.6. The molecule has 4 fully saturated rings. The van der Waals surface area contributed by atoms with Gasteiger partial charge in [0.25, 0.3) is 0 Å². The number of carbonyl (C=O) groups is 1. The van der Waals surface area contributed by atoms with Crippen LogP contribution in [-0.4, -0.2) is 84.1 Å². The zero-order valence-electron chi connectivity index (χ0n) is 24.8. The number of amides is 1. The zero-order chi connectivity index (χ0) is 27.9. The van der Waals surface area contributed by atoms with Crippen LogP contribution in [0.25, 0.3) is 0 Å². The van der Waals surface area contributed by atoms with Crippen molar-refractivity contribution in [2.24, 2.45) is 17.8 Å². The maximum atomic E-state index is 13.3. The second kappa shape index (κ2) is 11.1. The third kappa shape index (κ3) is 6.06. The minimum absolute atomic E-state index is 0.00544. The first kappa shape index (κ1) is 28.6. The molecule has 1 aromatic rings. The molecule has 3 aliphatic heterocycles. The molecule has 218 valence electrons. The largest absolute Gasteiger partial charge is 0.443 e. The van der Waals surface area contributed by atoms with Gasteiger partial charge in [-0.1, -0.05) is 25.5 Å². The van der Waals surface area contributed by atoms with Crippen LogP contribution in [0.3, 0.4) is 0 Å². The van der Waals surface area contributed by atoms with Crippen molar-refractivity contribution in [2.45, 2.75) is 102 Å². The van der Waals surface area contributed by atoms with E-state index in [9.17, 15) is 4.79 Å². The Kier molecular flexibility index (Phi) is 8.17. The summed E-state index contributed by atoms with van der Waals surface area (Å²) in [6, 6.07) is -0.186. The summed E-state index contributed by atoms with van der Waals surface area (Å²) in [5.41, 5.74) is 1.69. The van der Waals surface area contributed by atoms with E-state index in [1.807, 2.05) is 10.9 Å². The van der Waals surface area contributed by atoms with Crippen molar-refractivity contribution < 1.29 is 23.7 Å². The molecule has 1 unspecified atom stereocenters. The van der Waals surface area contributed by atoms with Crippen LogP contribution in [0.15, 0.2) is 24.0 Å². The molecule has 4 aliphatic rings. The molecule has 8 atom stereocenters. The van der Waals surface area contributed by atoms with Gasteiger partial charge in [-0.05, 0) is 71.9 Å². The highest BCUT2D eigenvalue weighted by Crippen LogP contribution is 2.59. The van der Waals surface area contributed by atoms with Crippen molar-refractivity contribution in [1.29, 1.82) is 0 Å². The predicted octanol–water partition coefficient (Wildman–Crippen LogP) is 4.33. The van der Waals surface area contributed by atoms with Gasteiger partial charge in [0.1, 0.15) is 23.4 Å². The molecule has 1 aromatic heterocycles. The van der Waals surface area contributed by atoms with Crippen LogP contribution >= 0.6 is 0 Å². The predicted molar refractivity (Wildman–Crippen MR) is 148 cm³/mol. The second-order valence-electron chi connectivity index (χ2n) is 13.1. The highest BCUT2D eigenvalue weighted by Gasteiger charge is 2.72. The lowest BCUT2D eigenvalue weighted by Crippen LogP contribution is -2.56. The summed E-state index contributed by atoms with van der Waals surface area (Å²) in [6.07, 6.45) is 8.83. The number of methoxy groups -OCH3 is 1. The van der Waals surface area contributed by atoms with Crippen molar-refractivity contribution in [3.8, 4) is 0 Å². The van der Waals surface area contributed by atoms with Gasteiger partial charge in [0, 0.05) is 32.0 Å². The molecule has 9 nitrogen and oxygen atoms in total. The Morgan fingerprint density at radius 1 is 1.33 bits per heavy atom. The summed E-state index contributed by atoms with van der Waals surface area (Å²) in [5.74, 6) is 0.801. The number of alkyl carbamates (subject to hydrolysis) is 1. The zero-order valence-corrected chi connectivity index (χ0v) is 24.8. The molecule has 4 heterocycles. The second-order valence-corrected chi connectivity index (χ2v) is 13.1. The molecule has 0 bridgehead atoms. The fourth-order valence-electron chi connectivity index (χ4n) is 7.08. The van der Waals surface area contributed by atoms with E-state index in [4.69, 9.17) is 18.9 Å². The Labute approximate surface area is 233 Å². The van der Waals surface area contributed by atoms with Gasteiger partial charge in [0.05, 0.1) is 30.9 Å². The minimum atomic E-state index is -0.416. The third-order valence-corrected chi connectivity index (χ3v) is 9.38. The lowest BCUT2D eigenvalue weighted by molar-refractivity contribution is -0.118. The molecule has 9 heteroatoms. The molecule has 0 aromatic carbocycles. The first-order valence-electron chi connectivity index (χ1n) is 14.7. The molecule has 1 saturated carbocycles. The number of likely N-dealkylation sites (tertiary alicyclic amines) is 1. The highest BCUT2D eigenvalue weighted by atomic mass is 16.6. The molecular formula is C30H48N4O5. The normalized spacial score (nSPS) is 36.7. The Morgan fingerprint density at radius 3 is 2.72 bits per heavy atom. The monoisotopic (exact) mass is 544 g/mol. The van der Waals surface area contributed by atoms with E-state index in [1.165, 1.54) is 12.0 Å². The summed E-state index contributed by atoms with van der Waals surface area (Å²) < 4.78 is 26.5. The number of rotatable bonds is 10. The van der Waals surface area contributed by atoms with Crippen molar-refractivity contribution in [1.82, 2.24) is 20.0 Å². The number of carbonyl (C=O) groups excluding carboxylic acids is 1. The van der Waals surface area contributed by atoms with Crippen LogP contribution in [0.5, 0.6) is 0 Å². The average Bonchev–Trinajstić information content (AvgIpc) is 3.66. The summed E-state index contributed by atoms with van der Waals surface area (Å²) in [6.45, 7) is 14.4. The van der Waals surface area contributed by atoms with Gasteiger partial charge < -0.3 is 29.2 Å². The smallest absolute Gasteiger partial charge is 0.407 e. The summed E-state index contributed by atoms with van der Waals surface area (Å²) in [7, 11) is 3.87. The lowest BCUT2D eigenvalue weighted by atomic mass is 9.68. The first-order valence-corrected chi connectivity index (χ1v) is 14.7. The summed E-state index contributed by atoms with van der Waals surface area (Å²) in [5, 5.41) is 7.75. The molecule has 5 rings (SSSR count). The fraction of sp³-hybridized carbons (Fsp3) is 0.800. The molecule has 39 heavy (non-hydrogen) atoms. The Balaban J connectivity index is 1.23. The number of hydrogen-bond acceptors (Lipinski definition) is 7. The molecule has 0 radical (unpaired) electrons. The highest BCUT2D eigenvalue weighted by molar-refractivity contribution is 5.68. The van der Waals surface area contributed by atoms with Crippen LogP contribution in [-0.2, 0) is 25.5 Å². The van der Waals surface area contributed by atoms with Gasteiger partial charge in [0.15, 0.2) is 0 Å². The van der Waals surface area contributed by atoms with Crippen LogP contribution in [0.2, 0.25) is 0 Å². The van der Waals surface area contributed by atoms with Crippen molar-refractivity contribution in [3.05, 3.63) is 29.6 Å². The van der Waals surface area contributed by atoms with Gasteiger partial charge in [-0.2, -0.15) is 5.10 Å². The van der Waals surface area contributed by atoms with Crippen molar-refractivity contribution in [3.63, 3.8) is 0 Å². The van der Waals surface area contributed by atoms with Crippen molar-refractivity contribution >= 4 is 6.09 Å². The number of aromatic nitrogens is 2. The van der Waals surface area contributed by atoms with E-state index in [0.717, 1.165) is 38.0 Å². The molecular weight excluding hydrogens is 496 g/mol. The van der Waals surface area contributed by atoms with E-state index in [1.54, 1.807) is 7.11 Å². The maximum Gasteiger partial charge on any atom is 0.407 e. The number of epoxide rings is 2. The molecule has 1 aliphatic carbocycles. The number of nitrogens with zero attached hydrogens (tertiary/aromatic N) is 3. The standard InChI is InChI=1S/C30H48N4O5/c1-19(2)8-9-24-29(5,39-24)27-26(36-7)23(10-12-30(27)18-37-30)38-28(35)32-25(20(3)4)22-14-31-34(17-22)16-21-11-13-33(6)15-21/h8,14,17,20-21,23-27H,9-13,15-16,18H2,1-7H3,(H,32,35)/t21-,23-,24-,25+,26-,27?,29+,30+/m1/s1. The van der Waals surface area contributed by atoms with Gasteiger partial charge in [-0.15, -0.1) is 0 Å². The van der Waals surface area contributed by atoms with E-state index in [2.05, 4.69) is 69.3 Å². The average molecular weight is 545 g/mol. The quantitative estimate of drug-likeness (QED) is 0.346. The van der Waals surface area contributed by atoms with Crippen LogP contribution in [0.4, 0.5) is 4.79 Å². The van der Waals surface area contributed by atoms with Gasteiger partial charge in [-0.3, -0.25) is 4.68 Å². The Hall–Kier alpha value is -1.94. The van der Waals surface area contributed by atoms with Crippen LogP contribution < -0.4 is 5.32 Å². The van der Waals surface area contributed by atoms with Gasteiger partial charge in [0.2, 0.25) is 0 Å². The van der Waals surface area contributed by atoms with Gasteiger partial charge in [-0.25, -0.2) is 4.79 Å². The Morgan fingerprint density at radius 2 is 2.10 bits per heavy atom. The van der Waals surface area contributed by atoms with E-state index >= 15 is 0 Å². The Bertz CT molecular complexity index is 1050. The topological polar surface area (TPSA) is 93.7 Å². The molecule has 1 spiro atoms. The maximum absolute atomic E-state index is 13.3. The number of hydrogen-bond donors (Lipinski definition) is 1. The van der Waals surface area contributed by atoms with Crippen molar-refractivity contribution in [2.75, 3.05) is 33.9 Å². The molecule has 3 saturated heterocycles. The number of nitrogens with one attached hydrogen (secondary N) is 1. The third-order valence-electron chi connectivity index (χ3n) is 9.38. The lowest BCUT2D eigenvalue weighted by Gasteiger charge is -2.42. The van der Waals surface area contributed by atoms with E-state index in [-0.39, 0.29) is 47.4 Å². The van der Waals surface area contributed by atoms with E-state index in [0.29, 0.717) is 18.9 Å². The number of allylic oxidation sites excluding steroid dienone is 1. The SMILES string of the molecule is CO[C@H]1C([C@@]2(C)O[C@@H]2CC=C(C)C)[C@]2(CC[C@H]1OC(=O)N[C@H](c1cnn(C[C@@H]3CCN(C)C3)c1)C(C)C)CO2. The van der Waals surface area contributed by atoms with Gasteiger partial charge >= 0.3 is 6.09 Å².